The van der Waals surface area contributed by atoms with Crippen LogP contribution in [0.1, 0.15) is 16.7 Å². The van der Waals surface area contributed by atoms with Crippen molar-refractivity contribution in [3.8, 4) is 5.75 Å². The normalized spacial score (nSPS) is 16.8. The van der Waals surface area contributed by atoms with Gasteiger partial charge in [0.2, 0.25) is 0 Å². The number of aryl methyl sites for hydroxylation is 2. The van der Waals surface area contributed by atoms with E-state index in [1.165, 1.54) is 16.7 Å². The van der Waals surface area contributed by atoms with Gasteiger partial charge in [-0.3, -0.25) is 0 Å². The molecule has 2 rings (SSSR count). The van der Waals surface area contributed by atoms with E-state index < -0.39 is 0 Å². The second kappa shape index (κ2) is 6.21. The lowest BCUT2D eigenvalue weighted by Gasteiger charge is -2.27. The summed E-state index contributed by atoms with van der Waals surface area (Å²) in [4.78, 5) is 2.52. The molecule has 3 heteroatoms. The molecule has 3 nitrogen and oxygen atoms in total. The Morgan fingerprint density at radius 2 is 1.83 bits per heavy atom. The van der Waals surface area contributed by atoms with Crippen molar-refractivity contribution in [2.75, 3.05) is 39.8 Å². The SMILES string of the molecule is COc1cc(C)c(C)cc1CCN1CCNCC1. The van der Waals surface area contributed by atoms with Gasteiger partial charge >= 0.3 is 0 Å². The largest absolute Gasteiger partial charge is 0.496 e. The first-order valence-electron chi connectivity index (χ1n) is 6.78. The summed E-state index contributed by atoms with van der Waals surface area (Å²) in [6.07, 6.45) is 1.07. The van der Waals surface area contributed by atoms with Crippen molar-refractivity contribution in [3.63, 3.8) is 0 Å². The van der Waals surface area contributed by atoms with E-state index in [1.807, 2.05) is 0 Å². The van der Waals surface area contributed by atoms with Crippen LogP contribution in [0.25, 0.3) is 0 Å². The summed E-state index contributed by atoms with van der Waals surface area (Å²) in [5.41, 5.74) is 3.99. The summed E-state index contributed by atoms with van der Waals surface area (Å²) in [7, 11) is 1.76. The first kappa shape index (κ1) is 13.4. The lowest BCUT2D eigenvalue weighted by Crippen LogP contribution is -2.44. The number of hydrogen-bond donors (Lipinski definition) is 1. The predicted octanol–water partition coefficient (Wildman–Crippen LogP) is 1.76. The van der Waals surface area contributed by atoms with E-state index in [4.69, 9.17) is 4.74 Å². The Hall–Kier alpha value is -1.06. The summed E-state index contributed by atoms with van der Waals surface area (Å²) < 4.78 is 5.49. The number of nitrogens with zero attached hydrogens (tertiary/aromatic N) is 1. The molecule has 1 aromatic carbocycles. The van der Waals surface area contributed by atoms with Gasteiger partial charge < -0.3 is 15.0 Å². The lowest BCUT2D eigenvalue weighted by molar-refractivity contribution is 0.243. The highest BCUT2D eigenvalue weighted by molar-refractivity contribution is 5.41. The standard InChI is InChI=1S/C15H24N2O/c1-12-10-14(15(18-3)11-13(12)2)4-7-17-8-5-16-6-9-17/h10-11,16H,4-9H2,1-3H3. The highest BCUT2D eigenvalue weighted by Crippen LogP contribution is 2.23. The zero-order valence-electron chi connectivity index (χ0n) is 11.8. The fraction of sp³-hybridized carbons (Fsp3) is 0.600. The molecule has 1 saturated heterocycles. The Morgan fingerprint density at radius 3 is 2.50 bits per heavy atom. The minimum absolute atomic E-state index is 1.04. The first-order chi connectivity index (χ1) is 8.70. The zero-order chi connectivity index (χ0) is 13.0. The fourth-order valence-electron chi connectivity index (χ4n) is 2.45. The highest BCUT2D eigenvalue weighted by Gasteiger charge is 2.11. The van der Waals surface area contributed by atoms with Crippen LogP contribution in [0.15, 0.2) is 12.1 Å². The average Bonchev–Trinajstić information content (AvgIpc) is 2.41. The van der Waals surface area contributed by atoms with Crippen LogP contribution in [0.3, 0.4) is 0 Å². The zero-order valence-corrected chi connectivity index (χ0v) is 11.8. The molecule has 0 aliphatic carbocycles. The van der Waals surface area contributed by atoms with E-state index in [9.17, 15) is 0 Å². The van der Waals surface area contributed by atoms with Crippen LogP contribution in [0.4, 0.5) is 0 Å². The number of ether oxygens (including phenoxy) is 1. The second-order valence-electron chi connectivity index (χ2n) is 5.09. The van der Waals surface area contributed by atoms with Crippen molar-refractivity contribution in [1.29, 1.82) is 0 Å². The van der Waals surface area contributed by atoms with Crippen molar-refractivity contribution in [3.05, 3.63) is 28.8 Å². The van der Waals surface area contributed by atoms with Crippen molar-refractivity contribution in [1.82, 2.24) is 10.2 Å². The maximum Gasteiger partial charge on any atom is 0.122 e. The Morgan fingerprint density at radius 1 is 1.17 bits per heavy atom. The molecule has 18 heavy (non-hydrogen) atoms. The van der Waals surface area contributed by atoms with Gasteiger partial charge in [-0.25, -0.2) is 0 Å². The molecule has 0 radical (unpaired) electrons. The third-order valence-electron chi connectivity index (χ3n) is 3.80. The molecule has 1 aliphatic heterocycles. The van der Waals surface area contributed by atoms with E-state index in [1.54, 1.807) is 7.11 Å². The van der Waals surface area contributed by atoms with Crippen molar-refractivity contribution >= 4 is 0 Å². The van der Waals surface area contributed by atoms with Crippen LogP contribution in [0, 0.1) is 13.8 Å². The van der Waals surface area contributed by atoms with Gasteiger partial charge in [0.15, 0.2) is 0 Å². The van der Waals surface area contributed by atoms with Gasteiger partial charge in [-0.15, -0.1) is 0 Å². The number of rotatable bonds is 4. The van der Waals surface area contributed by atoms with Gasteiger partial charge in [0.05, 0.1) is 7.11 Å². The number of piperazine rings is 1. The molecule has 1 heterocycles. The van der Waals surface area contributed by atoms with Gasteiger partial charge in [0.1, 0.15) is 5.75 Å². The highest BCUT2D eigenvalue weighted by atomic mass is 16.5. The van der Waals surface area contributed by atoms with Gasteiger partial charge in [-0.05, 0) is 43.0 Å². The third-order valence-corrected chi connectivity index (χ3v) is 3.80. The van der Waals surface area contributed by atoms with E-state index in [2.05, 4.69) is 36.2 Å². The maximum atomic E-state index is 5.49. The molecule has 1 fully saturated rings. The molecule has 0 saturated carbocycles. The second-order valence-corrected chi connectivity index (χ2v) is 5.09. The summed E-state index contributed by atoms with van der Waals surface area (Å²) in [6.45, 7) is 9.98. The summed E-state index contributed by atoms with van der Waals surface area (Å²) in [5, 5.41) is 3.39. The van der Waals surface area contributed by atoms with Crippen molar-refractivity contribution < 1.29 is 4.74 Å². The summed E-state index contributed by atoms with van der Waals surface area (Å²) in [6, 6.07) is 4.43. The Bertz CT molecular complexity index is 398. The van der Waals surface area contributed by atoms with Crippen LogP contribution in [0.5, 0.6) is 5.75 Å². The third kappa shape index (κ3) is 3.24. The molecule has 0 unspecified atom stereocenters. The molecule has 0 atom stereocenters. The fourth-order valence-corrected chi connectivity index (χ4v) is 2.45. The molecule has 1 aromatic rings. The molecule has 100 valence electrons. The summed E-state index contributed by atoms with van der Waals surface area (Å²) in [5.74, 6) is 1.04. The molecule has 0 bridgehead atoms. The van der Waals surface area contributed by atoms with E-state index in [0.717, 1.165) is 44.9 Å². The first-order valence-corrected chi connectivity index (χ1v) is 6.78. The number of methoxy groups -OCH3 is 1. The maximum absolute atomic E-state index is 5.49. The van der Waals surface area contributed by atoms with Gasteiger partial charge in [0.25, 0.3) is 0 Å². The van der Waals surface area contributed by atoms with Crippen molar-refractivity contribution in [2.45, 2.75) is 20.3 Å². The lowest BCUT2D eigenvalue weighted by atomic mass is 10.0. The monoisotopic (exact) mass is 248 g/mol. The van der Waals surface area contributed by atoms with Gasteiger partial charge in [0, 0.05) is 32.7 Å². The quantitative estimate of drug-likeness (QED) is 0.879. The van der Waals surface area contributed by atoms with Gasteiger partial charge in [-0.1, -0.05) is 6.07 Å². The minimum Gasteiger partial charge on any atom is -0.496 e. The number of nitrogens with one attached hydrogen (secondary N) is 1. The van der Waals surface area contributed by atoms with Crippen LogP contribution in [0.2, 0.25) is 0 Å². The van der Waals surface area contributed by atoms with Crippen molar-refractivity contribution in [2.24, 2.45) is 0 Å². The van der Waals surface area contributed by atoms with E-state index in [0.29, 0.717) is 0 Å². The predicted molar refractivity (Wildman–Crippen MR) is 75.5 cm³/mol. The Balaban J connectivity index is 2.01. The number of hydrogen-bond acceptors (Lipinski definition) is 3. The van der Waals surface area contributed by atoms with E-state index >= 15 is 0 Å². The molecule has 0 amide bonds. The molecule has 1 aliphatic rings. The van der Waals surface area contributed by atoms with Gasteiger partial charge in [-0.2, -0.15) is 0 Å². The smallest absolute Gasteiger partial charge is 0.122 e. The number of benzene rings is 1. The summed E-state index contributed by atoms with van der Waals surface area (Å²) >= 11 is 0. The average molecular weight is 248 g/mol. The molecule has 1 N–H and O–H groups in total. The van der Waals surface area contributed by atoms with Crippen LogP contribution in [-0.4, -0.2) is 44.7 Å². The molecular formula is C15H24N2O. The Labute approximate surface area is 110 Å². The van der Waals surface area contributed by atoms with E-state index in [-0.39, 0.29) is 0 Å². The Kier molecular flexibility index (Phi) is 4.61. The molecule has 0 spiro atoms. The van der Waals surface area contributed by atoms with Crippen LogP contribution >= 0.6 is 0 Å². The van der Waals surface area contributed by atoms with Crippen LogP contribution in [-0.2, 0) is 6.42 Å². The molecular weight excluding hydrogens is 224 g/mol. The minimum atomic E-state index is 1.04. The topological polar surface area (TPSA) is 24.5 Å². The van der Waals surface area contributed by atoms with Crippen LogP contribution < -0.4 is 10.1 Å². The molecule has 0 aromatic heterocycles.